The summed E-state index contributed by atoms with van der Waals surface area (Å²) in [6.07, 6.45) is 0. The number of hydrogen-bond acceptors (Lipinski definition) is 1. The quantitative estimate of drug-likeness (QED) is 0.525. The molecule has 17 heavy (non-hydrogen) atoms. The lowest BCUT2D eigenvalue weighted by Crippen LogP contribution is -2.01. The first-order chi connectivity index (χ1) is 7.99. The Balaban J connectivity index is 3.53. The van der Waals surface area contributed by atoms with Crippen LogP contribution in [0.5, 0.6) is 0 Å². The van der Waals surface area contributed by atoms with Crippen molar-refractivity contribution in [1.29, 1.82) is 0 Å². The third-order valence-electron chi connectivity index (χ3n) is 2.83. The van der Waals surface area contributed by atoms with Crippen LogP contribution < -0.4 is 0 Å². The van der Waals surface area contributed by atoms with Crippen LogP contribution in [0, 0.1) is 12.8 Å². The van der Waals surface area contributed by atoms with E-state index in [4.69, 9.17) is 0 Å². The van der Waals surface area contributed by atoms with E-state index in [1.54, 1.807) is 0 Å². The van der Waals surface area contributed by atoms with Crippen LogP contribution in [-0.2, 0) is 0 Å². The van der Waals surface area contributed by atoms with E-state index >= 15 is 0 Å². The van der Waals surface area contributed by atoms with Gasteiger partial charge in [-0.1, -0.05) is 44.7 Å². The third kappa shape index (κ3) is 2.94. The average Bonchev–Trinajstić information content (AvgIpc) is 2.26. The number of benzene rings is 1. The smallest absolute Gasteiger partial charge is 0.0686 e. The molecular formula is C16H21N. The monoisotopic (exact) mass is 227 g/mol. The van der Waals surface area contributed by atoms with Crippen LogP contribution in [-0.4, -0.2) is 6.72 Å². The molecule has 0 fully saturated rings. The van der Waals surface area contributed by atoms with Crippen molar-refractivity contribution in [3.63, 3.8) is 0 Å². The first-order valence-electron chi connectivity index (χ1n) is 5.91. The van der Waals surface area contributed by atoms with Gasteiger partial charge in [0.1, 0.15) is 0 Å². The highest BCUT2D eigenvalue weighted by Gasteiger charge is 2.14. The van der Waals surface area contributed by atoms with Gasteiger partial charge in [-0.15, -0.1) is 0 Å². The number of nitrogens with zero attached hydrogens (tertiary/aromatic N) is 1. The van der Waals surface area contributed by atoms with Crippen LogP contribution in [0.3, 0.4) is 0 Å². The molecule has 1 nitrogen and oxygen atoms in total. The van der Waals surface area contributed by atoms with Crippen LogP contribution in [0.15, 0.2) is 47.1 Å². The molecule has 90 valence electrons. The molecule has 0 aromatic heterocycles. The molecule has 0 aliphatic rings. The molecule has 0 saturated carbocycles. The van der Waals surface area contributed by atoms with Crippen molar-refractivity contribution in [2.45, 2.75) is 27.7 Å². The van der Waals surface area contributed by atoms with Gasteiger partial charge in [0.2, 0.25) is 0 Å². The Morgan fingerprint density at radius 2 is 1.82 bits per heavy atom. The summed E-state index contributed by atoms with van der Waals surface area (Å²) in [6.45, 7) is 16.1. The Kier molecular flexibility index (Phi) is 4.45. The summed E-state index contributed by atoms with van der Waals surface area (Å²) in [6, 6.07) is 8.37. The first-order valence-corrected chi connectivity index (χ1v) is 5.91. The largest absolute Gasteiger partial charge is 0.264 e. The molecule has 0 aliphatic heterocycles. The maximum Gasteiger partial charge on any atom is 0.0686 e. The van der Waals surface area contributed by atoms with Crippen molar-refractivity contribution >= 4 is 12.3 Å². The van der Waals surface area contributed by atoms with Gasteiger partial charge in [-0.05, 0) is 48.8 Å². The number of hydrogen-bond donors (Lipinski definition) is 0. The van der Waals surface area contributed by atoms with E-state index in [-0.39, 0.29) is 0 Å². The van der Waals surface area contributed by atoms with Crippen molar-refractivity contribution in [3.05, 3.63) is 53.2 Å². The highest BCUT2D eigenvalue weighted by molar-refractivity contribution is 5.75. The fourth-order valence-corrected chi connectivity index (χ4v) is 2.04. The molecule has 0 amide bonds. The van der Waals surface area contributed by atoms with E-state index in [0.717, 1.165) is 11.3 Å². The zero-order valence-corrected chi connectivity index (χ0v) is 11.2. The molecule has 1 aromatic carbocycles. The second-order valence-corrected chi connectivity index (χ2v) is 4.67. The molecule has 0 aliphatic carbocycles. The summed E-state index contributed by atoms with van der Waals surface area (Å²) < 4.78 is 0. The molecule has 0 heterocycles. The van der Waals surface area contributed by atoms with Gasteiger partial charge < -0.3 is 0 Å². The van der Waals surface area contributed by atoms with Crippen LogP contribution in [0.4, 0.5) is 0 Å². The Labute approximate surface area is 105 Å². The number of aryl methyl sites for hydroxylation is 1. The normalized spacial score (nSPS) is 12.3. The lowest BCUT2D eigenvalue weighted by Gasteiger charge is -2.18. The lowest BCUT2D eigenvalue weighted by atomic mass is 9.89. The molecule has 0 saturated heterocycles. The van der Waals surface area contributed by atoms with Gasteiger partial charge in [-0.3, -0.25) is 4.99 Å². The topological polar surface area (TPSA) is 12.4 Å². The number of allylic oxidation sites excluding steroid dienone is 2. The van der Waals surface area contributed by atoms with Gasteiger partial charge in [-0.2, -0.15) is 0 Å². The minimum absolute atomic E-state index is 0.397. The number of rotatable bonds is 4. The van der Waals surface area contributed by atoms with Crippen molar-refractivity contribution in [2.75, 3.05) is 0 Å². The van der Waals surface area contributed by atoms with E-state index in [9.17, 15) is 0 Å². The van der Waals surface area contributed by atoms with Gasteiger partial charge in [0.05, 0.1) is 5.70 Å². The van der Waals surface area contributed by atoms with Gasteiger partial charge >= 0.3 is 0 Å². The van der Waals surface area contributed by atoms with Gasteiger partial charge in [-0.25, -0.2) is 0 Å². The molecule has 0 N–H and O–H groups in total. The Hall–Kier alpha value is -1.63. The summed E-state index contributed by atoms with van der Waals surface area (Å²) in [4.78, 5) is 4.16. The predicted octanol–water partition coefficient (Wildman–Crippen LogP) is 4.64. The van der Waals surface area contributed by atoms with Crippen molar-refractivity contribution in [3.8, 4) is 0 Å². The summed E-state index contributed by atoms with van der Waals surface area (Å²) in [5, 5.41) is 0. The fourth-order valence-electron chi connectivity index (χ4n) is 2.04. The molecule has 0 bridgehead atoms. The van der Waals surface area contributed by atoms with Gasteiger partial charge in [0.15, 0.2) is 0 Å². The molecule has 1 aromatic rings. The molecule has 1 rings (SSSR count). The SMILES string of the molecule is C=N/C(C(=C)C)=C(/c1ccccc1C)C(C)C. The van der Waals surface area contributed by atoms with Crippen LogP contribution in [0.25, 0.3) is 5.57 Å². The molecule has 1 heteroatoms. The van der Waals surface area contributed by atoms with Gasteiger partial charge in [0.25, 0.3) is 0 Å². The zero-order chi connectivity index (χ0) is 13.0. The van der Waals surface area contributed by atoms with E-state index in [1.807, 2.05) is 6.92 Å². The summed E-state index contributed by atoms with van der Waals surface area (Å²) >= 11 is 0. The van der Waals surface area contributed by atoms with Gasteiger partial charge in [0, 0.05) is 0 Å². The molecule has 0 radical (unpaired) electrons. The van der Waals surface area contributed by atoms with E-state index in [1.165, 1.54) is 16.7 Å². The maximum absolute atomic E-state index is 4.16. The first kappa shape index (κ1) is 13.4. The van der Waals surface area contributed by atoms with Crippen molar-refractivity contribution in [1.82, 2.24) is 0 Å². The fraction of sp³-hybridized carbons (Fsp3) is 0.312. The highest BCUT2D eigenvalue weighted by atomic mass is 14.7. The lowest BCUT2D eigenvalue weighted by molar-refractivity contribution is 0.845. The summed E-state index contributed by atoms with van der Waals surface area (Å²) in [7, 11) is 0. The van der Waals surface area contributed by atoms with Crippen LogP contribution >= 0.6 is 0 Å². The molecule has 0 unspecified atom stereocenters. The Morgan fingerprint density at radius 1 is 1.24 bits per heavy atom. The molecular weight excluding hydrogens is 206 g/mol. The second-order valence-electron chi connectivity index (χ2n) is 4.67. The van der Waals surface area contributed by atoms with Crippen molar-refractivity contribution < 1.29 is 0 Å². The van der Waals surface area contributed by atoms with Crippen LogP contribution in [0.2, 0.25) is 0 Å². The van der Waals surface area contributed by atoms with E-state index in [2.05, 4.69) is 63.3 Å². The number of aliphatic imine (C=N–C) groups is 1. The standard InChI is InChI=1S/C16H21N/c1-11(2)15(16(17-6)12(3)4)14-10-8-7-9-13(14)5/h7-11H,3,6H2,1-2,4-5H3/b16-15+. The summed E-state index contributed by atoms with van der Waals surface area (Å²) in [5.74, 6) is 0.397. The van der Waals surface area contributed by atoms with Crippen LogP contribution in [0.1, 0.15) is 31.9 Å². The maximum atomic E-state index is 4.16. The Bertz CT molecular complexity index is 464. The molecule has 0 atom stereocenters. The van der Waals surface area contributed by atoms with E-state index < -0.39 is 0 Å². The summed E-state index contributed by atoms with van der Waals surface area (Å²) in [5.41, 5.74) is 5.62. The van der Waals surface area contributed by atoms with E-state index in [0.29, 0.717) is 5.92 Å². The minimum Gasteiger partial charge on any atom is -0.264 e. The predicted molar refractivity (Wildman–Crippen MR) is 77.3 cm³/mol. The highest BCUT2D eigenvalue weighted by Crippen LogP contribution is 2.32. The minimum atomic E-state index is 0.397. The second kappa shape index (κ2) is 5.62. The molecule has 0 spiro atoms. The Morgan fingerprint density at radius 3 is 2.24 bits per heavy atom. The van der Waals surface area contributed by atoms with Crippen molar-refractivity contribution in [2.24, 2.45) is 10.9 Å². The average molecular weight is 227 g/mol. The zero-order valence-electron chi connectivity index (χ0n) is 11.2. The third-order valence-corrected chi connectivity index (χ3v) is 2.83.